The molecule has 212 valence electrons. The summed E-state index contributed by atoms with van der Waals surface area (Å²) in [5, 5.41) is 20.9. The molecule has 10 heteroatoms. The molecule has 3 atom stereocenters. The summed E-state index contributed by atoms with van der Waals surface area (Å²) in [6, 6.07) is 22.9. The van der Waals surface area contributed by atoms with Crippen LogP contribution in [0.2, 0.25) is 0 Å². The molecule has 1 saturated heterocycles. The number of hydrogen-bond acceptors (Lipinski definition) is 8. The van der Waals surface area contributed by atoms with E-state index in [-0.39, 0.29) is 37.6 Å². The minimum Gasteiger partial charge on any atom is -0.496 e. The second-order valence-corrected chi connectivity index (χ2v) is 10.4. The number of thioether (sulfide) groups is 1. The Morgan fingerprint density at radius 2 is 1.75 bits per heavy atom. The van der Waals surface area contributed by atoms with E-state index < -0.39 is 12.2 Å². The maximum Gasteiger partial charge on any atom is 0.243 e. The van der Waals surface area contributed by atoms with Crippen molar-refractivity contribution in [3.05, 3.63) is 89.5 Å². The molecule has 3 aromatic carbocycles. The summed E-state index contributed by atoms with van der Waals surface area (Å²) < 4.78 is 18.3. The number of aliphatic hydroxyl groups excluding tert-OH is 1. The zero-order valence-corrected chi connectivity index (χ0v) is 23.1. The highest BCUT2D eigenvalue weighted by Gasteiger charge is 2.32. The first-order valence-corrected chi connectivity index (χ1v) is 14.1. The summed E-state index contributed by atoms with van der Waals surface area (Å²) in [5.74, 6) is 0.734. The number of carbonyl (C=O) groups excluding carboxylic acids is 2. The van der Waals surface area contributed by atoms with Gasteiger partial charge in [0, 0.05) is 41.2 Å². The van der Waals surface area contributed by atoms with Gasteiger partial charge in [-0.25, -0.2) is 5.48 Å². The largest absolute Gasteiger partial charge is 0.496 e. The van der Waals surface area contributed by atoms with E-state index in [0.29, 0.717) is 24.3 Å². The van der Waals surface area contributed by atoms with E-state index in [1.807, 2.05) is 66.7 Å². The van der Waals surface area contributed by atoms with Gasteiger partial charge >= 0.3 is 0 Å². The minimum absolute atomic E-state index is 0.0249. The van der Waals surface area contributed by atoms with Crippen LogP contribution in [-0.4, -0.2) is 41.1 Å². The van der Waals surface area contributed by atoms with E-state index in [4.69, 9.17) is 19.4 Å². The van der Waals surface area contributed by atoms with Crippen LogP contribution < -0.4 is 15.5 Å². The lowest BCUT2D eigenvalue weighted by Crippen LogP contribution is -2.31. The van der Waals surface area contributed by atoms with Gasteiger partial charge in [-0.2, -0.15) is 0 Å². The van der Waals surface area contributed by atoms with E-state index in [9.17, 15) is 14.7 Å². The SMILES string of the molecule is COc1ccccc1SC[C@@H]1C[C@H](c2ccc(CO)cc2)O[C@H](c2cccc(NC(=O)CCCC(=O)NO)c2)O1. The fourth-order valence-corrected chi connectivity index (χ4v) is 5.44. The van der Waals surface area contributed by atoms with Crippen molar-refractivity contribution in [2.45, 2.75) is 55.7 Å². The number of benzene rings is 3. The van der Waals surface area contributed by atoms with Gasteiger partial charge in [-0.15, -0.1) is 11.8 Å². The molecular formula is C30H34N2O7S. The number of ether oxygens (including phenoxy) is 3. The first-order chi connectivity index (χ1) is 19.5. The second-order valence-electron chi connectivity index (χ2n) is 9.37. The molecule has 0 unspecified atom stereocenters. The summed E-state index contributed by atoms with van der Waals surface area (Å²) in [7, 11) is 1.66. The number of anilines is 1. The lowest BCUT2D eigenvalue weighted by atomic mass is 10.0. The summed E-state index contributed by atoms with van der Waals surface area (Å²) in [6.07, 6.45) is 0.136. The predicted octanol–water partition coefficient (Wildman–Crippen LogP) is 5.14. The van der Waals surface area contributed by atoms with Gasteiger partial charge in [0.05, 0.1) is 25.9 Å². The topological polar surface area (TPSA) is 126 Å². The van der Waals surface area contributed by atoms with E-state index in [0.717, 1.165) is 27.3 Å². The Kier molecular flexibility index (Phi) is 11.0. The fraction of sp³-hybridized carbons (Fsp3) is 0.333. The van der Waals surface area contributed by atoms with Crippen LogP contribution in [0.4, 0.5) is 5.69 Å². The van der Waals surface area contributed by atoms with Crippen LogP contribution >= 0.6 is 11.8 Å². The van der Waals surface area contributed by atoms with Crippen molar-refractivity contribution in [3.8, 4) is 5.75 Å². The molecule has 2 amide bonds. The quantitative estimate of drug-likeness (QED) is 0.135. The Bertz CT molecular complexity index is 1270. The molecule has 0 aromatic heterocycles. The minimum atomic E-state index is -0.662. The number of carbonyl (C=O) groups is 2. The van der Waals surface area contributed by atoms with Gasteiger partial charge in [0.1, 0.15) is 5.75 Å². The molecule has 0 aliphatic carbocycles. The van der Waals surface area contributed by atoms with Gasteiger partial charge in [-0.3, -0.25) is 14.8 Å². The summed E-state index contributed by atoms with van der Waals surface area (Å²) in [6.45, 7) is -0.0249. The Balaban J connectivity index is 1.48. The van der Waals surface area contributed by atoms with Crippen LogP contribution in [0.1, 0.15) is 54.8 Å². The van der Waals surface area contributed by atoms with Crippen molar-refractivity contribution in [3.63, 3.8) is 0 Å². The molecule has 0 saturated carbocycles. The number of para-hydroxylation sites is 1. The molecule has 1 aliphatic heterocycles. The number of methoxy groups -OCH3 is 1. The number of aliphatic hydroxyl groups is 1. The molecule has 4 rings (SSSR count). The van der Waals surface area contributed by atoms with Crippen LogP contribution in [0.5, 0.6) is 5.75 Å². The van der Waals surface area contributed by atoms with Crippen molar-refractivity contribution in [1.29, 1.82) is 0 Å². The maximum absolute atomic E-state index is 12.4. The van der Waals surface area contributed by atoms with Crippen molar-refractivity contribution >= 4 is 29.3 Å². The fourth-order valence-electron chi connectivity index (χ4n) is 4.40. The number of nitrogens with one attached hydrogen (secondary N) is 2. The Morgan fingerprint density at radius 3 is 2.50 bits per heavy atom. The van der Waals surface area contributed by atoms with Crippen LogP contribution in [0, 0.1) is 0 Å². The third kappa shape index (κ3) is 8.30. The van der Waals surface area contributed by atoms with Crippen molar-refractivity contribution in [1.82, 2.24) is 5.48 Å². The highest BCUT2D eigenvalue weighted by atomic mass is 32.2. The highest BCUT2D eigenvalue weighted by Crippen LogP contribution is 2.40. The van der Waals surface area contributed by atoms with Gasteiger partial charge in [-0.1, -0.05) is 48.5 Å². The smallest absolute Gasteiger partial charge is 0.243 e. The molecule has 1 aliphatic rings. The molecule has 1 heterocycles. The van der Waals surface area contributed by atoms with E-state index in [1.165, 1.54) is 0 Å². The first-order valence-electron chi connectivity index (χ1n) is 13.1. The zero-order valence-electron chi connectivity index (χ0n) is 22.2. The van der Waals surface area contributed by atoms with Crippen LogP contribution in [0.15, 0.2) is 77.7 Å². The lowest BCUT2D eigenvalue weighted by Gasteiger charge is -2.36. The molecule has 4 N–H and O–H groups in total. The molecule has 1 fully saturated rings. The molecule has 0 bridgehead atoms. The van der Waals surface area contributed by atoms with Gasteiger partial charge in [-0.05, 0) is 41.8 Å². The molecule has 0 radical (unpaired) electrons. The third-order valence-corrected chi connectivity index (χ3v) is 7.67. The van der Waals surface area contributed by atoms with Crippen LogP contribution in [-0.2, 0) is 25.7 Å². The summed E-state index contributed by atoms with van der Waals surface area (Å²) >= 11 is 1.66. The van der Waals surface area contributed by atoms with E-state index >= 15 is 0 Å². The van der Waals surface area contributed by atoms with Gasteiger partial charge in [0.25, 0.3) is 0 Å². The first kappa shape index (κ1) is 29.6. The number of hydroxylamine groups is 1. The predicted molar refractivity (Wildman–Crippen MR) is 151 cm³/mol. The molecule has 0 spiro atoms. The Labute approximate surface area is 237 Å². The number of rotatable bonds is 12. The van der Waals surface area contributed by atoms with Gasteiger partial charge < -0.3 is 24.6 Å². The number of hydrogen-bond donors (Lipinski definition) is 4. The molecule has 3 aromatic rings. The van der Waals surface area contributed by atoms with Crippen LogP contribution in [0.25, 0.3) is 0 Å². The van der Waals surface area contributed by atoms with E-state index in [1.54, 1.807) is 30.4 Å². The molecule has 9 nitrogen and oxygen atoms in total. The lowest BCUT2D eigenvalue weighted by molar-refractivity contribution is -0.245. The standard InChI is InChI=1S/C30H34N2O7S/c1-37-25-8-2-3-9-27(25)40-19-24-17-26(21-14-12-20(18-33)13-15-21)39-30(38-24)22-6-4-7-23(16-22)31-28(34)10-5-11-29(35)32-36/h2-4,6-9,12-16,24,26,30,33,36H,5,10-11,17-19H2,1H3,(H,31,34)(H,32,35)/t24-,26+,30+/m0/s1. The average Bonchev–Trinajstić information content (AvgIpc) is 3.00. The highest BCUT2D eigenvalue weighted by molar-refractivity contribution is 7.99. The molecule has 40 heavy (non-hydrogen) atoms. The van der Waals surface area contributed by atoms with Crippen molar-refractivity contribution in [2.75, 3.05) is 18.2 Å². The van der Waals surface area contributed by atoms with Gasteiger partial charge in [0.2, 0.25) is 11.8 Å². The average molecular weight is 567 g/mol. The van der Waals surface area contributed by atoms with Crippen LogP contribution in [0.3, 0.4) is 0 Å². The second kappa shape index (κ2) is 14.8. The van der Waals surface area contributed by atoms with Crippen molar-refractivity contribution in [2.24, 2.45) is 0 Å². The molecular weight excluding hydrogens is 532 g/mol. The van der Waals surface area contributed by atoms with E-state index in [2.05, 4.69) is 5.32 Å². The summed E-state index contributed by atoms with van der Waals surface area (Å²) in [4.78, 5) is 24.6. The normalized spacial score (nSPS) is 18.6. The maximum atomic E-state index is 12.4. The number of amides is 2. The van der Waals surface area contributed by atoms with Gasteiger partial charge in [0.15, 0.2) is 6.29 Å². The third-order valence-electron chi connectivity index (χ3n) is 6.48. The Morgan fingerprint density at radius 1 is 0.975 bits per heavy atom. The zero-order chi connectivity index (χ0) is 28.3. The Hall–Kier alpha value is -3.41. The monoisotopic (exact) mass is 566 g/mol. The van der Waals surface area contributed by atoms with Crippen molar-refractivity contribution < 1.29 is 34.1 Å². The summed E-state index contributed by atoms with van der Waals surface area (Å²) in [5.41, 5.74) is 4.75.